The third-order valence-electron chi connectivity index (χ3n) is 4.33. The van der Waals surface area contributed by atoms with Gasteiger partial charge in [-0.25, -0.2) is 4.98 Å². The lowest BCUT2D eigenvalue weighted by Gasteiger charge is -2.19. The molecule has 130 valence electrons. The van der Waals surface area contributed by atoms with Crippen LogP contribution in [0.4, 0.5) is 0 Å². The fourth-order valence-corrected chi connectivity index (χ4v) is 3.73. The zero-order valence-electron chi connectivity index (χ0n) is 13.7. The van der Waals surface area contributed by atoms with Crippen LogP contribution in [0.25, 0.3) is 0 Å². The largest absolute Gasteiger partial charge is 0.337 e. The van der Waals surface area contributed by atoms with Crippen LogP contribution >= 0.6 is 34.8 Å². The molecule has 0 aliphatic heterocycles. The summed E-state index contributed by atoms with van der Waals surface area (Å²) in [7, 11) is 0. The molecular formula is C20H19Cl3N2. The van der Waals surface area contributed by atoms with Gasteiger partial charge in [0.05, 0.1) is 6.33 Å². The first kappa shape index (κ1) is 18.3. The van der Waals surface area contributed by atoms with Crippen LogP contribution in [0, 0.1) is 5.92 Å². The standard InChI is InChI=1S/C20H19Cl3N2/c21-18-8-7-16(20(23)12-18)6-5-15(13-25-10-9-24-14-25)11-17-3-1-2-4-19(17)22/h1-4,7-10,12,14-15H,5-6,11,13H2. The van der Waals surface area contributed by atoms with E-state index in [0.29, 0.717) is 10.9 Å². The molecule has 3 aromatic rings. The van der Waals surface area contributed by atoms with Crippen molar-refractivity contribution in [2.45, 2.75) is 25.8 Å². The maximum Gasteiger partial charge on any atom is 0.0945 e. The van der Waals surface area contributed by atoms with Crippen molar-refractivity contribution in [2.75, 3.05) is 0 Å². The quantitative estimate of drug-likeness (QED) is 0.458. The Morgan fingerprint density at radius 3 is 2.52 bits per heavy atom. The van der Waals surface area contributed by atoms with Crippen LogP contribution in [0.1, 0.15) is 17.5 Å². The van der Waals surface area contributed by atoms with Crippen molar-refractivity contribution in [3.05, 3.63) is 87.4 Å². The fraction of sp³-hybridized carbons (Fsp3) is 0.250. The first-order valence-electron chi connectivity index (χ1n) is 8.25. The summed E-state index contributed by atoms with van der Waals surface area (Å²) in [6.07, 6.45) is 8.49. The minimum absolute atomic E-state index is 0.431. The highest BCUT2D eigenvalue weighted by Crippen LogP contribution is 2.26. The fourth-order valence-electron chi connectivity index (χ4n) is 3.01. The van der Waals surface area contributed by atoms with Crippen LogP contribution in [-0.4, -0.2) is 9.55 Å². The molecule has 0 aliphatic rings. The summed E-state index contributed by atoms with van der Waals surface area (Å²) < 4.78 is 2.12. The molecule has 0 bridgehead atoms. The number of hydrogen-bond acceptors (Lipinski definition) is 1. The van der Waals surface area contributed by atoms with Crippen LogP contribution in [0.3, 0.4) is 0 Å². The molecule has 5 heteroatoms. The number of nitrogens with zero attached hydrogens (tertiary/aromatic N) is 2. The summed E-state index contributed by atoms with van der Waals surface area (Å²) in [6, 6.07) is 13.7. The van der Waals surface area contributed by atoms with Crippen molar-refractivity contribution in [3.8, 4) is 0 Å². The number of rotatable bonds is 7. The van der Waals surface area contributed by atoms with Crippen molar-refractivity contribution in [1.29, 1.82) is 0 Å². The van der Waals surface area contributed by atoms with E-state index in [4.69, 9.17) is 34.8 Å². The average Bonchev–Trinajstić information content (AvgIpc) is 3.09. The number of imidazole rings is 1. The number of halogens is 3. The highest BCUT2D eigenvalue weighted by Gasteiger charge is 2.14. The maximum absolute atomic E-state index is 6.36. The molecule has 2 aromatic carbocycles. The van der Waals surface area contributed by atoms with Crippen molar-refractivity contribution in [2.24, 2.45) is 5.92 Å². The number of aromatic nitrogens is 2. The Hall–Kier alpha value is -1.48. The lowest BCUT2D eigenvalue weighted by molar-refractivity contribution is 0.412. The normalized spacial score (nSPS) is 12.3. The molecule has 0 saturated heterocycles. The van der Waals surface area contributed by atoms with Crippen molar-refractivity contribution in [1.82, 2.24) is 9.55 Å². The Morgan fingerprint density at radius 2 is 1.80 bits per heavy atom. The molecule has 0 radical (unpaired) electrons. The second kappa shape index (κ2) is 8.75. The van der Waals surface area contributed by atoms with E-state index in [1.165, 1.54) is 5.56 Å². The zero-order chi connectivity index (χ0) is 17.6. The lowest BCUT2D eigenvalue weighted by atomic mass is 9.92. The van der Waals surface area contributed by atoms with Gasteiger partial charge in [0.25, 0.3) is 0 Å². The van der Waals surface area contributed by atoms with Crippen LogP contribution in [0.5, 0.6) is 0 Å². The molecule has 25 heavy (non-hydrogen) atoms. The predicted octanol–water partition coefficient (Wildman–Crippen LogP) is 6.34. The molecule has 1 aromatic heterocycles. The molecule has 1 atom stereocenters. The summed E-state index contributed by atoms with van der Waals surface area (Å²) in [4.78, 5) is 4.14. The van der Waals surface area contributed by atoms with Gasteiger partial charge >= 0.3 is 0 Å². The summed E-state index contributed by atoms with van der Waals surface area (Å²) in [5.41, 5.74) is 2.30. The van der Waals surface area contributed by atoms with Crippen LogP contribution < -0.4 is 0 Å². The van der Waals surface area contributed by atoms with Gasteiger partial charge in [0, 0.05) is 34.0 Å². The van der Waals surface area contributed by atoms with E-state index >= 15 is 0 Å². The van der Waals surface area contributed by atoms with E-state index in [-0.39, 0.29) is 0 Å². The van der Waals surface area contributed by atoms with Crippen LogP contribution in [-0.2, 0) is 19.4 Å². The van der Waals surface area contributed by atoms with Gasteiger partial charge < -0.3 is 4.57 Å². The van der Waals surface area contributed by atoms with Gasteiger partial charge in [-0.05, 0) is 54.5 Å². The minimum Gasteiger partial charge on any atom is -0.337 e. The van der Waals surface area contributed by atoms with Crippen LogP contribution in [0.2, 0.25) is 15.1 Å². The van der Waals surface area contributed by atoms with Crippen molar-refractivity contribution >= 4 is 34.8 Å². The van der Waals surface area contributed by atoms with Gasteiger partial charge in [0.1, 0.15) is 0 Å². The third kappa shape index (κ3) is 5.24. The molecule has 0 amide bonds. The van der Waals surface area contributed by atoms with E-state index in [1.807, 2.05) is 49.1 Å². The molecule has 0 N–H and O–H groups in total. The Balaban J connectivity index is 1.72. The van der Waals surface area contributed by atoms with Gasteiger partial charge in [0.15, 0.2) is 0 Å². The Bertz CT molecular complexity index is 816. The molecule has 3 rings (SSSR count). The number of hydrogen-bond donors (Lipinski definition) is 0. The van der Waals surface area contributed by atoms with Crippen molar-refractivity contribution in [3.63, 3.8) is 0 Å². The van der Waals surface area contributed by atoms with E-state index < -0.39 is 0 Å². The van der Waals surface area contributed by atoms with Gasteiger partial charge in [-0.2, -0.15) is 0 Å². The van der Waals surface area contributed by atoms with Gasteiger partial charge in [0.2, 0.25) is 0 Å². The third-order valence-corrected chi connectivity index (χ3v) is 5.29. The average molecular weight is 394 g/mol. The number of aryl methyl sites for hydroxylation is 1. The highest BCUT2D eigenvalue weighted by atomic mass is 35.5. The second-order valence-electron chi connectivity index (χ2n) is 6.20. The Morgan fingerprint density at radius 1 is 0.960 bits per heavy atom. The van der Waals surface area contributed by atoms with E-state index in [2.05, 4.69) is 15.6 Å². The SMILES string of the molecule is Clc1ccc(CCC(Cc2ccccc2Cl)Cn2ccnc2)c(Cl)c1. The molecular weight excluding hydrogens is 375 g/mol. The second-order valence-corrected chi connectivity index (χ2v) is 7.45. The van der Waals surface area contributed by atoms with Gasteiger partial charge in [-0.3, -0.25) is 0 Å². The predicted molar refractivity (Wildman–Crippen MR) is 106 cm³/mol. The first-order chi connectivity index (χ1) is 12.1. The summed E-state index contributed by atoms with van der Waals surface area (Å²) in [5.74, 6) is 0.431. The lowest BCUT2D eigenvalue weighted by Crippen LogP contribution is -2.14. The monoisotopic (exact) mass is 392 g/mol. The van der Waals surface area contributed by atoms with Gasteiger partial charge in [-0.15, -0.1) is 0 Å². The van der Waals surface area contributed by atoms with Gasteiger partial charge in [-0.1, -0.05) is 59.1 Å². The van der Waals surface area contributed by atoms with Crippen molar-refractivity contribution < 1.29 is 0 Å². The maximum atomic E-state index is 6.36. The summed E-state index contributed by atoms with van der Waals surface area (Å²) in [6.45, 7) is 0.899. The zero-order valence-corrected chi connectivity index (χ0v) is 16.0. The van der Waals surface area contributed by atoms with E-state index in [9.17, 15) is 0 Å². The molecule has 2 nitrogen and oxygen atoms in total. The molecule has 0 saturated carbocycles. The Kier molecular flexibility index (Phi) is 6.41. The highest BCUT2D eigenvalue weighted by molar-refractivity contribution is 6.35. The first-order valence-corrected chi connectivity index (χ1v) is 9.38. The van der Waals surface area contributed by atoms with E-state index in [0.717, 1.165) is 41.4 Å². The topological polar surface area (TPSA) is 17.8 Å². The smallest absolute Gasteiger partial charge is 0.0945 e. The molecule has 1 heterocycles. The molecule has 0 fully saturated rings. The molecule has 0 aliphatic carbocycles. The minimum atomic E-state index is 0.431. The van der Waals surface area contributed by atoms with Crippen LogP contribution in [0.15, 0.2) is 61.2 Å². The number of benzene rings is 2. The molecule has 1 unspecified atom stereocenters. The molecule has 0 spiro atoms. The van der Waals surface area contributed by atoms with E-state index in [1.54, 1.807) is 6.07 Å². The summed E-state index contributed by atoms with van der Waals surface area (Å²) in [5, 5.41) is 2.22. The Labute approximate surface area is 163 Å². The summed E-state index contributed by atoms with van der Waals surface area (Å²) >= 11 is 18.7.